The fourth-order valence-corrected chi connectivity index (χ4v) is 3.91. The summed E-state index contributed by atoms with van der Waals surface area (Å²) < 4.78 is 2.08. The van der Waals surface area contributed by atoms with E-state index in [0.29, 0.717) is 5.56 Å². The minimum Gasteiger partial charge on any atom is -0.330 e. The van der Waals surface area contributed by atoms with Crippen molar-refractivity contribution in [3.05, 3.63) is 78.4 Å². The first-order chi connectivity index (χ1) is 12.8. The summed E-state index contributed by atoms with van der Waals surface area (Å²) in [5.74, 6) is 0.0443. The zero-order valence-corrected chi connectivity index (χ0v) is 14.2. The zero-order chi connectivity index (χ0) is 17.5. The summed E-state index contributed by atoms with van der Waals surface area (Å²) >= 11 is 0. The summed E-state index contributed by atoms with van der Waals surface area (Å²) in [6.45, 7) is 0.765. The van der Waals surface area contributed by atoms with Gasteiger partial charge < -0.3 is 9.30 Å². The van der Waals surface area contributed by atoms with E-state index < -0.39 is 0 Å². The minimum absolute atomic E-state index is 0.0443. The number of amides is 1. The highest BCUT2D eigenvalue weighted by Crippen LogP contribution is 2.33. The van der Waals surface area contributed by atoms with Crippen LogP contribution in [0.2, 0.25) is 0 Å². The molecule has 5 nitrogen and oxygen atoms in total. The third kappa shape index (κ3) is 2.36. The molecule has 4 heterocycles. The molecule has 1 aliphatic heterocycles. The number of hydrogen-bond donors (Lipinski definition) is 0. The molecule has 1 aliphatic rings. The van der Waals surface area contributed by atoms with Gasteiger partial charge in [0.2, 0.25) is 0 Å². The SMILES string of the molecule is O=C(c1cnc2ccccc2c1)N1CCCC1c1cccc2nccn12. The number of hydrogen-bond acceptors (Lipinski definition) is 3. The lowest BCUT2D eigenvalue weighted by Crippen LogP contribution is -2.31. The molecule has 0 spiro atoms. The van der Waals surface area contributed by atoms with E-state index in [9.17, 15) is 4.79 Å². The van der Waals surface area contributed by atoms with Crippen LogP contribution in [0.5, 0.6) is 0 Å². The molecule has 4 aromatic rings. The van der Waals surface area contributed by atoms with Crippen molar-refractivity contribution in [3.8, 4) is 0 Å². The number of rotatable bonds is 2. The highest BCUT2D eigenvalue weighted by Gasteiger charge is 2.32. The van der Waals surface area contributed by atoms with Crippen LogP contribution in [0.4, 0.5) is 0 Å². The van der Waals surface area contributed by atoms with E-state index in [1.54, 1.807) is 12.4 Å². The maximum atomic E-state index is 13.2. The van der Waals surface area contributed by atoms with Gasteiger partial charge in [0, 0.05) is 36.2 Å². The van der Waals surface area contributed by atoms with Gasteiger partial charge in [-0.1, -0.05) is 24.3 Å². The number of fused-ring (bicyclic) bond motifs is 2. The second kappa shape index (κ2) is 5.95. The Labute approximate surface area is 150 Å². The molecule has 128 valence electrons. The van der Waals surface area contributed by atoms with Crippen LogP contribution < -0.4 is 0 Å². The van der Waals surface area contributed by atoms with Gasteiger partial charge in [-0.25, -0.2) is 4.98 Å². The highest BCUT2D eigenvalue weighted by molar-refractivity contribution is 5.97. The molecule has 1 fully saturated rings. The van der Waals surface area contributed by atoms with Crippen LogP contribution in [0.3, 0.4) is 0 Å². The summed E-state index contributed by atoms with van der Waals surface area (Å²) in [6, 6.07) is 16.0. The quantitative estimate of drug-likeness (QED) is 0.556. The third-order valence-electron chi connectivity index (χ3n) is 5.15. The molecular formula is C21H18N4O. The number of para-hydroxylation sites is 1. The van der Waals surface area contributed by atoms with E-state index in [1.165, 1.54) is 0 Å². The molecule has 0 N–H and O–H groups in total. The van der Waals surface area contributed by atoms with Gasteiger partial charge in [0.25, 0.3) is 5.91 Å². The number of carbonyl (C=O) groups excluding carboxylic acids is 1. The normalized spacial score (nSPS) is 17.2. The number of likely N-dealkylation sites (tertiary alicyclic amines) is 1. The van der Waals surface area contributed by atoms with Gasteiger partial charge >= 0.3 is 0 Å². The van der Waals surface area contributed by atoms with Crippen LogP contribution in [0, 0.1) is 0 Å². The molecule has 0 aliphatic carbocycles. The first-order valence-electron chi connectivity index (χ1n) is 8.89. The molecule has 5 rings (SSSR count). The molecule has 1 atom stereocenters. The van der Waals surface area contributed by atoms with Gasteiger partial charge in [-0.15, -0.1) is 0 Å². The van der Waals surface area contributed by atoms with Crippen molar-refractivity contribution in [1.29, 1.82) is 0 Å². The molecule has 1 unspecified atom stereocenters. The van der Waals surface area contributed by atoms with Crippen LogP contribution >= 0.6 is 0 Å². The summed E-state index contributed by atoms with van der Waals surface area (Å²) in [5, 5.41) is 0.991. The van der Waals surface area contributed by atoms with E-state index in [1.807, 2.05) is 53.6 Å². The number of benzene rings is 1. The molecular weight excluding hydrogens is 324 g/mol. The van der Waals surface area contributed by atoms with Gasteiger partial charge in [-0.05, 0) is 37.1 Å². The first-order valence-corrected chi connectivity index (χ1v) is 8.89. The molecule has 0 bridgehead atoms. The number of imidazole rings is 1. The lowest BCUT2D eigenvalue weighted by molar-refractivity contribution is 0.0732. The van der Waals surface area contributed by atoms with Crippen LogP contribution in [0.15, 0.2) is 67.1 Å². The molecule has 3 aromatic heterocycles. The van der Waals surface area contributed by atoms with E-state index in [-0.39, 0.29) is 11.9 Å². The summed E-state index contributed by atoms with van der Waals surface area (Å²) in [4.78, 5) is 24.0. The molecule has 26 heavy (non-hydrogen) atoms. The fourth-order valence-electron chi connectivity index (χ4n) is 3.91. The van der Waals surface area contributed by atoms with E-state index >= 15 is 0 Å². The monoisotopic (exact) mass is 342 g/mol. The predicted octanol–water partition coefficient (Wildman–Crippen LogP) is 3.86. The second-order valence-electron chi connectivity index (χ2n) is 6.68. The zero-order valence-electron chi connectivity index (χ0n) is 14.2. The first kappa shape index (κ1) is 15.1. The van der Waals surface area contributed by atoms with Gasteiger partial charge in [0.05, 0.1) is 17.1 Å². The van der Waals surface area contributed by atoms with Gasteiger partial charge in [-0.3, -0.25) is 9.78 Å². The molecule has 0 radical (unpaired) electrons. The minimum atomic E-state index is 0.0443. The highest BCUT2D eigenvalue weighted by atomic mass is 16.2. The van der Waals surface area contributed by atoms with Crippen molar-refractivity contribution < 1.29 is 4.79 Å². The Kier molecular flexibility index (Phi) is 3.45. The second-order valence-corrected chi connectivity index (χ2v) is 6.68. The van der Waals surface area contributed by atoms with E-state index in [2.05, 4.69) is 20.4 Å². The van der Waals surface area contributed by atoms with Gasteiger partial charge in [0.15, 0.2) is 0 Å². The van der Waals surface area contributed by atoms with Crippen molar-refractivity contribution in [3.63, 3.8) is 0 Å². The third-order valence-corrected chi connectivity index (χ3v) is 5.15. The standard InChI is InChI=1S/C21H18N4O/c26-21(16-13-15-5-1-2-6-17(15)23-14-16)25-11-4-8-19(25)18-7-3-9-20-22-10-12-24(18)20/h1-3,5-7,9-10,12-14,19H,4,8,11H2. The Balaban J connectivity index is 1.53. The average molecular weight is 342 g/mol. The van der Waals surface area contributed by atoms with E-state index in [0.717, 1.165) is 41.6 Å². The maximum absolute atomic E-state index is 13.2. The van der Waals surface area contributed by atoms with E-state index in [4.69, 9.17) is 0 Å². The average Bonchev–Trinajstić information content (AvgIpc) is 3.36. The fraction of sp³-hybridized carbons (Fsp3) is 0.190. The van der Waals surface area contributed by atoms with Crippen LogP contribution in [0.1, 0.15) is 34.9 Å². The van der Waals surface area contributed by atoms with Crippen LogP contribution in [-0.4, -0.2) is 31.7 Å². The van der Waals surface area contributed by atoms with Crippen LogP contribution in [-0.2, 0) is 0 Å². The predicted molar refractivity (Wildman–Crippen MR) is 99.9 cm³/mol. The van der Waals surface area contributed by atoms with Gasteiger partial charge in [-0.2, -0.15) is 0 Å². The molecule has 0 saturated carbocycles. The molecule has 1 saturated heterocycles. The number of aromatic nitrogens is 3. The topological polar surface area (TPSA) is 50.5 Å². The Bertz CT molecular complexity index is 1120. The van der Waals surface area contributed by atoms with Gasteiger partial charge in [0.1, 0.15) is 5.65 Å². The largest absolute Gasteiger partial charge is 0.330 e. The molecule has 5 heteroatoms. The Morgan fingerprint density at radius 3 is 2.96 bits per heavy atom. The Morgan fingerprint density at radius 1 is 1.08 bits per heavy atom. The van der Waals surface area contributed by atoms with Crippen molar-refractivity contribution >= 4 is 22.5 Å². The van der Waals surface area contributed by atoms with Crippen molar-refractivity contribution in [1.82, 2.24) is 19.3 Å². The van der Waals surface area contributed by atoms with Crippen molar-refractivity contribution in [2.45, 2.75) is 18.9 Å². The van der Waals surface area contributed by atoms with Crippen LogP contribution in [0.25, 0.3) is 16.6 Å². The van der Waals surface area contributed by atoms with Crippen molar-refractivity contribution in [2.75, 3.05) is 6.54 Å². The van der Waals surface area contributed by atoms with Crippen molar-refractivity contribution in [2.24, 2.45) is 0 Å². The summed E-state index contributed by atoms with van der Waals surface area (Å²) in [7, 11) is 0. The summed E-state index contributed by atoms with van der Waals surface area (Å²) in [5.41, 5.74) is 3.58. The number of nitrogens with zero attached hydrogens (tertiary/aromatic N) is 4. The molecule has 1 aromatic carbocycles. The smallest absolute Gasteiger partial charge is 0.256 e. The number of pyridine rings is 2. The molecule has 1 amide bonds. The lowest BCUT2D eigenvalue weighted by Gasteiger charge is -2.26. The Hall–Kier alpha value is -3.21. The lowest BCUT2D eigenvalue weighted by atomic mass is 10.1. The summed E-state index contributed by atoms with van der Waals surface area (Å²) in [6.07, 6.45) is 7.42. The number of carbonyl (C=O) groups is 1. The maximum Gasteiger partial charge on any atom is 0.256 e. The Morgan fingerprint density at radius 2 is 2.00 bits per heavy atom.